The van der Waals surface area contributed by atoms with Gasteiger partial charge in [-0.1, -0.05) is 6.07 Å². The van der Waals surface area contributed by atoms with Crippen LogP contribution < -0.4 is 15.5 Å². The van der Waals surface area contributed by atoms with Gasteiger partial charge >= 0.3 is 5.97 Å². The quantitative estimate of drug-likeness (QED) is 0.331. The SMILES string of the molecule is COc1cc(-c2ccc(C(=O)O)c(C(=O)N3CCNCC3)c2-c2c[nH]c3n[nH]nc3c2=O)ccn1. The molecule has 1 fully saturated rings. The van der Waals surface area contributed by atoms with E-state index < -0.39 is 17.3 Å². The van der Waals surface area contributed by atoms with Crippen LogP contribution in [0.1, 0.15) is 20.7 Å². The first-order valence-corrected chi connectivity index (χ1v) is 10.8. The molecule has 1 aliphatic rings. The molecule has 4 aromatic rings. The van der Waals surface area contributed by atoms with E-state index in [1.54, 1.807) is 23.1 Å². The molecule has 1 aliphatic heterocycles. The lowest BCUT2D eigenvalue weighted by molar-refractivity contribution is 0.0670. The van der Waals surface area contributed by atoms with Gasteiger partial charge in [-0.25, -0.2) is 9.78 Å². The number of fused-ring (bicyclic) bond motifs is 1. The molecule has 0 unspecified atom stereocenters. The van der Waals surface area contributed by atoms with E-state index >= 15 is 0 Å². The van der Waals surface area contributed by atoms with Crippen molar-refractivity contribution in [1.82, 2.24) is 35.6 Å². The molecule has 1 amide bonds. The minimum atomic E-state index is -1.28. The molecule has 3 aromatic heterocycles. The van der Waals surface area contributed by atoms with Crippen LogP contribution in [0.5, 0.6) is 5.88 Å². The number of carboxylic acids is 1. The molecule has 0 bridgehead atoms. The van der Waals surface area contributed by atoms with Gasteiger partial charge in [0.15, 0.2) is 11.2 Å². The van der Waals surface area contributed by atoms with Crippen LogP contribution >= 0.6 is 0 Å². The highest BCUT2D eigenvalue weighted by atomic mass is 16.5. The largest absolute Gasteiger partial charge is 0.481 e. The Hall–Kier alpha value is -4.58. The van der Waals surface area contributed by atoms with Gasteiger partial charge in [-0.3, -0.25) is 9.59 Å². The van der Waals surface area contributed by atoms with E-state index in [-0.39, 0.29) is 33.4 Å². The number of amides is 1. The lowest BCUT2D eigenvalue weighted by atomic mass is 9.87. The van der Waals surface area contributed by atoms with Crippen molar-refractivity contribution in [3.63, 3.8) is 0 Å². The summed E-state index contributed by atoms with van der Waals surface area (Å²) in [6, 6.07) is 6.31. The van der Waals surface area contributed by atoms with Crippen LogP contribution in [0.25, 0.3) is 33.4 Å². The first-order valence-electron chi connectivity index (χ1n) is 10.8. The normalized spacial score (nSPS) is 13.7. The van der Waals surface area contributed by atoms with Crippen molar-refractivity contribution in [3.8, 4) is 28.1 Å². The predicted molar refractivity (Wildman–Crippen MR) is 125 cm³/mol. The molecule has 5 rings (SSSR count). The molecule has 12 nitrogen and oxygen atoms in total. The predicted octanol–water partition coefficient (Wildman–Crippen LogP) is 1.13. The van der Waals surface area contributed by atoms with Gasteiger partial charge in [0.2, 0.25) is 11.3 Å². The molecular weight excluding hydrogens is 454 g/mol. The minimum Gasteiger partial charge on any atom is -0.481 e. The number of hydrogen-bond donors (Lipinski definition) is 4. The Balaban J connectivity index is 1.86. The molecule has 0 radical (unpaired) electrons. The number of ether oxygens (including phenoxy) is 1. The van der Waals surface area contributed by atoms with E-state index in [9.17, 15) is 19.5 Å². The summed E-state index contributed by atoms with van der Waals surface area (Å²) in [5.74, 6) is -1.42. The summed E-state index contributed by atoms with van der Waals surface area (Å²) < 4.78 is 5.25. The summed E-state index contributed by atoms with van der Waals surface area (Å²) >= 11 is 0. The van der Waals surface area contributed by atoms with Crippen LogP contribution in [-0.4, -0.2) is 80.6 Å². The van der Waals surface area contributed by atoms with Gasteiger partial charge in [0.05, 0.1) is 18.2 Å². The third kappa shape index (κ3) is 3.89. The van der Waals surface area contributed by atoms with E-state index in [1.807, 2.05) is 0 Å². The number of pyridine rings is 2. The lowest BCUT2D eigenvalue weighted by Crippen LogP contribution is -2.47. The number of H-pyrrole nitrogens is 2. The number of rotatable bonds is 5. The highest BCUT2D eigenvalue weighted by molar-refractivity contribution is 6.12. The van der Waals surface area contributed by atoms with E-state index in [0.29, 0.717) is 43.2 Å². The molecule has 0 saturated carbocycles. The van der Waals surface area contributed by atoms with Gasteiger partial charge in [-0.15, -0.1) is 5.10 Å². The molecule has 178 valence electrons. The Morgan fingerprint density at radius 1 is 1.11 bits per heavy atom. The number of carbonyl (C=O) groups excluding carboxylic acids is 1. The van der Waals surface area contributed by atoms with E-state index in [4.69, 9.17) is 4.74 Å². The first kappa shape index (κ1) is 22.2. The zero-order valence-electron chi connectivity index (χ0n) is 18.7. The molecule has 4 heterocycles. The number of nitrogens with one attached hydrogen (secondary N) is 3. The van der Waals surface area contributed by atoms with Gasteiger partial charge in [-0.05, 0) is 23.3 Å². The summed E-state index contributed by atoms with van der Waals surface area (Å²) in [7, 11) is 1.48. The molecule has 4 N–H and O–H groups in total. The van der Waals surface area contributed by atoms with Gasteiger partial charge in [0.25, 0.3) is 5.91 Å². The molecule has 1 saturated heterocycles. The number of aromatic nitrogens is 5. The summed E-state index contributed by atoms with van der Waals surface area (Å²) in [4.78, 5) is 48.2. The maximum absolute atomic E-state index is 13.8. The fourth-order valence-electron chi connectivity index (χ4n) is 4.25. The van der Waals surface area contributed by atoms with Crippen molar-refractivity contribution in [3.05, 3.63) is 58.0 Å². The van der Waals surface area contributed by atoms with Gasteiger partial charge < -0.3 is 25.0 Å². The van der Waals surface area contributed by atoms with Crippen LogP contribution in [0.2, 0.25) is 0 Å². The lowest BCUT2D eigenvalue weighted by Gasteiger charge is -2.29. The summed E-state index contributed by atoms with van der Waals surface area (Å²) in [6.45, 7) is 1.97. The Labute approximate surface area is 198 Å². The fourth-order valence-corrected chi connectivity index (χ4v) is 4.25. The molecule has 0 spiro atoms. The number of nitrogens with zero attached hydrogens (tertiary/aromatic N) is 4. The zero-order chi connectivity index (χ0) is 24.5. The second-order valence-electron chi connectivity index (χ2n) is 7.90. The van der Waals surface area contributed by atoms with Crippen molar-refractivity contribution in [2.45, 2.75) is 0 Å². The highest BCUT2D eigenvalue weighted by Crippen LogP contribution is 2.37. The summed E-state index contributed by atoms with van der Waals surface area (Å²) in [5.41, 5.74) is 0.880. The summed E-state index contributed by atoms with van der Waals surface area (Å²) in [5, 5.41) is 23.4. The molecule has 0 atom stereocenters. The maximum atomic E-state index is 13.8. The number of aromatic amines is 2. The Kier molecular flexibility index (Phi) is 5.71. The molecule has 12 heteroatoms. The smallest absolute Gasteiger partial charge is 0.336 e. The number of piperazine rings is 1. The highest BCUT2D eigenvalue weighted by Gasteiger charge is 2.30. The van der Waals surface area contributed by atoms with Gasteiger partial charge in [0.1, 0.15) is 0 Å². The summed E-state index contributed by atoms with van der Waals surface area (Å²) in [6.07, 6.45) is 2.95. The molecular formula is C23H21N7O5. The topological polar surface area (TPSA) is 166 Å². The van der Waals surface area contributed by atoms with Crippen LogP contribution in [0.15, 0.2) is 41.5 Å². The van der Waals surface area contributed by atoms with Crippen molar-refractivity contribution in [2.24, 2.45) is 0 Å². The Morgan fingerprint density at radius 2 is 1.91 bits per heavy atom. The first-order chi connectivity index (χ1) is 17.0. The van der Waals surface area contributed by atoms with Crippen molar-refractivity contribution in [2.75, 3.05) is 33.3 Å². The zero-order valence-corrected chi connectivity index (χ0v) is 18.7. The third-order valence-corrected chi connectivity index (χ3v) is 5.94. The van der Waals surface area contributed by atoms with Crippen molar-refractivity contribution >= 4 is 23.0 Å². The second kappa shape index (κ2) is 8.99. The standard InChI is InChI=1S/C23H21N7O5/c1-35-16-10-12(4-5-25-16)13-2-3-14(23(33)34)18(22(32)30-8-6-24-7-9-30)17(13)15-11-26-21-19(20(15)31)27-29-28-21/h2-5,10-11,24H,6-9H2,1H3,(H,33,34)(H2,26,27,28,29,31). The van der Waals surface area contributed by atoms with Crippen LogP contribution in [0.4, 0.5) is 0 Å². The average molecular weight is 475 g/mol. The Bertz CT molecular complexity index is 1500. The number of benzene rings is 1. The second-order valence-corrected chi connectivity index (χ2v) is 7.90. The van der Waals surface area contributed by atoms with Crippen LogP contribution in [0, 0.1) is 0 Å². The van der Waals surface area contributed by atoms with E-state index in [1.165, 1.54) is 25.6 Å². The minimum absolute atomic E-state index is 0.0436. The molecule has 1 aromatic carbocycles. The van der Waals surface area contributed by atoms with Gasteiger partial charge in [-0.2, -0.15) is 10.3 Å². The number of carbonyl (C=O) groups is 2. The van der Waals surface area contributed by atoms with Crippen molar-refractivity contribution in [1.29, 1.82) is 0 Å². The van der Waals surface area contributed by atoms with Crippen LogP contribution in [-0.2, 0) is 0 Å². The Morgan fingerprint density at radius 3 is 2.66 bits per heavy atom. The molecule has 35 heavy (non-hydrogen) atoms. The molecule has 0 aliphatic carbocycles. The number of methoxy groups -OCH3 is 1. The number of hydrogen-bond acceptors (Lipinski definition) is 8. The van der Waals surface area contributed by atoms with Crippen LogP contribution in [0.3, 0.4) is 0 Å². The maximum Gasteiger partial charge on any atom is 0.336 e. The number of carboxylic acid groups (broad SMARTS) is 1. The average Bonchev–Trinajstić information content (AvgIpc) is 3.38. The van der Waals surface area contributed by atoms with E-state index in [0.717, 1.165) is 0 Å². The van der Waals surface area contributed by atoms with Crippen molar-refractivity contribution < 1.29 is 19.4 Å². The number of aromatic carboxylic acids is 1. The van der Waals surface area contributed by atoms with Gasteiger partial charge in [0, 0.05) is 55.8 Å². The van der Waals surface area contributed by atoms with E-state index in [2.05, 4.69) is 30.7 Å². The third-order valence-electron chi connectivity index (χ3n) is 5.94. The monoisotopic (exact) mass is 475 g/mol. The fraction of sp³-hybridized carbons (Fsp3) is 0.217.